The number of hydrogen-bond acceptors (Lipinski definition) is 3. The number of aromatic nitrogens is 1. The molecule has 0 aliphatic heterocycles. The Hall–Kier alpha value is -1.90. The van der Waals surface area contributed by atoms with Crippen molar-refractivity contribution in [2.75, 3.05) is 0 Å². The molecule has 0 saturated carbocycles. The molecule has 2 aromatic heterocycles. The number of Topliss-reactive ketones (excluding diaryl/α,β-unsaturated/α-hetero) is 1. The van der Waals surface area contributed by atoms with E-state index in [0.29, 0.717) is 11.3 Å². The first-order valence-electron chi connectivity index (χ1n) is 4.73. The van der Waals surface area contributed by atoms with Gasteiger partial charge in [-0.05, 0) is 30.7 Å². The summed E-state index contributed by atoms with van der Waals surface area (Å²) in [6.07, 6.45) is 5.16. The molecule has 3 nitrogen and oxygen atoms in total. The van der Waals surface area contributed by atoms with Gasteiger partial charge in [0.15, 0.2) is 5.78 Å². The van der Waals surface area contributed by atoms with E-state index in [9.17, 15) is 4.79 Å². The summed E-state index contributed by atoms with van der Waals surface area (Å²) in [5, 5.41) is 0. The molecule has 0 aliphatic rings. The summed E-state index contributed by atoms with van der Waals surface area (Å²) in [4.78, 5) is 15.7. The smallest absolute Gasteiger partial charge is 0.171 e. The quantitative estimate of drug-likeness (QED) is 0.716. The lowest BCUT2D eigenvalue weighted by Crippen LogP contribution is -2.03. The second-order valence-corrected chi connectivity index (χ2v) is 3.43. The first kappa shape index (κ1) is 9.65. The van der Waals surface area contributed by atoms with Crippen LogP contribution in [-0.4, -0.2) is 10.8 Å². The van der Waals surface area contributed by atoms with Gasteiger partial charge in [0.05, 0.1) is 12.7 Å². The van der Waals surface area contributed by atoms with Crippen LogP contribution in [0.25, 0.3) is 0 Å². The van der Waals surface area contributed by atoms with Gasteiger partial charge in [-0.1, -0.05) is 0 Å². The van der Waals surface area contributed by atoms with E-state index in [1.54, 1.807) is 30.8 Å². The number of rotatable bonds is 3. The molecule has 0 N–H and O–H groups in total. The first-order chi connectivity index (χ1) is 7.25. The highest BCUT2D eigenvalue weighted by Gasteiger charge is 2.08. The topological polar surface area (TPSA) is 43.1 Å². The molecule has 0 aromatic carbocycles. The predicted molar refractivity (Wildman–Crippen MR) is 55.7 cm³/mol. The first-order valence-corrected chi connectivity index (χ1v) is 4.73. The third kappa shape index (κ3) is 2.31. The molecular weight excluding hydrogens is 190 g/mol. The Morgan fingerprint density at radius 1 is 1.47 bits per heavy atom. The molecule has 2 heterocycles. The summed E-state index contributed by atoms with van der Waals surface area (Å²) in [7, 11) is 0. The van der Waals surface area contributed by atoms with Gasteiger partial charge in [-0.2, -0.15) is 0 Å². The molecule has 0 aliphatic carbocycles. The number of ketones is 1. The zero-order valence-corrected chi connectivity index (χ0v) is 8.43. The highest BCUT2D eigenvalue weighted by atomic mass is 16.3. The molecular formula is C12H11NO2. The van der Waals surface area contributed by atoms with Crippen molar-refractivity contribution in [3.05, 3.63) is 53.7 Å². The molecule has 0 fully saturated rings. The molecule has 0 saturated heterocycles. The van der Waals surface area contributed by atoms with Crippen LogP contribution in [0, 0.1) is 6.92 Å². The van der Waals surface area contributed by atoms with Gasteiger partial charge >= 0.3 is 0 Å². The van der Waals surface area contributed by atoms with Crippen LogP contribution >= 0.6 is 0 Å². The summed E-state index contributed by atoms with van der Waals surface area (Å²) in [6, 6.07) is 5.40. The van der Waals surface area contributed by atoms with Crippen molar-refractivity contribution < 1.29 is 9.21 Å². The highest BCUT2D eigenvalue weighted by molar-refractivity contribution is 5.97. The average Bonchev–Trinajstić information content (AvgIpc) is 2.70. The van der Waals surface area contributed by atoms with Crippen LogP contribution in [-0.2, 0) is 6.42 Å². The molecule has 0 spiro atoms. The Balaban J connectivity index is 2.15. The SMILES string of the molecule is Cc1cncc(C(=O)Cc2ccco2)c1. The van der Waals surface area contributed by atoms with E-state index in [1.807, 2.05) is 13.0 Å². The molecule has 2 aromatic rings. The van der Waals surface area contributed by atoms with E-state index >= 15 is 0 Å². The Labute approximate surface area is 87.8 Å². The maximum Gasteiger partial charge on any atom is 0.171 e. The van der Waals surface area contributed by atoms with Crippen LogP contribution in [0.3, 0.4) is 0 Å². The maximum absolute atomic E-state index is 11.8. The van der Waals surface area contributed by atoms with Crippen molar-refractivity contribution in [2.24, 2.45) is 0 Å². The van der Waals surface area contributed by atoms with Gasteiger partial charge in [0, 0.05) is 18.0 Å². The number of furan rings is 1. The van der Waals surface area contributed by atoms with Crippen LogP contribution in [0.5, 0.6) is 0 Å². The molecule has 15 heavy (non-hydrogen) atoms. The summed E-state index contributed by atoms with van der Waals surface area (Å²) >= 11 is 0. The van der Waals surface area contributed by atoms with E-state index < -0.39 is 0 Å². The minimum absolute atomic E-state index is 0.0288. The molecule has 0 radical (unpaired) electrons. The van der Waals surface area contributed by atoms with Gasteiger partial charge in [0.1, 0.15) is 5.76 Å². The third-order valence-electron chi connectivity index (χ3n) is 2.11. The molecule has 0 bridgehead atoms. The summed E-state index contributed by atoms with van der Waals surface area (Å²) in [6.45, 7) is 1.91. The number of pyridine rings is 1. The molecule has 2 rings (SSSR count). The van der Waals surface area contributed by atoms with Crippen molar-refractivity contribution >= 4 is 5.78 Å². The fraction of sp³-hybridized carbons (Fsp3) is 0.167. The average molecular weight is 201 g/mol. The van der Waals surface area contributed by atoms with Gasteiger partial charge < -0.3 is 4.42 Å². The Morgan fingerprint density at radius 3 is 3.00 bits per heavy atom. The van der Waals surface area contributed by atoms with Gasteiger partial charge in [-0.3, -0.25) is 9.78 Å². The van der Waals surface area contributed by atoms with Crippen LogP contribution in [0.2, 0.25) is 0 Å². The fourth-order valence-corrected chi connectivity index (χ4v) is 1.38. The number of carbonyl (C=O) groups excluding carboxylic acids is 1. The number of carbonyl (C=O) groups is 1. The summed E-state index contributed by atoms with van der Waals surface area (Å²) in [5.74, 6) is 0.711. The molecule has 0 amide bonds. The third-order valence-corrected chi connectivity index (χ3v) is 2.11. The minimum atomic E-state index is 0.0288. The largest absolute Gasteiger partial charge is 0.469 e. The van der Waals surface area contributed by atoms with Crippen molar-refractivity contribution in [3.8, 4) is 0 Å². The van der Waals surface area contributed by atoms with Crippen LogP contribution in [0.4, 0.5) is 0 Å². The second-order valence-electron chi connectivity index (χ2n) is 3.43. The molecule has 3 heteroatoms. The number of nitrogens with zero attached hydrogens (tertiary/aromatic N) is 1. The normalized spacial score (nSPS) is 10.2. The standard InChI is InChI=1S/C12H11NO2/c1-9-5-10(8-13-7-9)12(14)6-11-3-2-4-15-11/h2-5,7-8H,6H2,1H3. The van der Waals surface area contributed by atoms with Gasteiger partial charge in [-0.15, -0.1) is 0 Å². The summed E-state index contributed by atoms with van der Waals surface area (Å²) in [5.41, 5.74) is 1.62. The van der Waals surface area contributed by atoms with Gasteiger partial charge in [0.2, 0.25) is 0 Å². The van der Waals surface area contributed by atoms with E-state index in [-0.39, 0.29) is 12.2 Å². The fourth-order valence-electron chi connectivity index (χ4n) is 1.38. The van der Waals surface area contributed by atoms with E-state index in [4.69, 9.17) is 4.42 Å². The highest BCUT2D eigenvalue weighted by Crippen LogP contribution is 2.08. The van der Waals surface area contributed by atoms with Crippen molar-refractivity contribution in [1.82, 2.24) is 4.98 Å². The molecule has 0 atom stereocenters. The molecule has 0 unspecified atom stereocenters. The Kier molecular flexibility index (Phi) is 2.63. The molecule has 76 valence electrons. The van der Waals surface area contributed by atoms with Crippen LogP contribution in [0.15, 0.2) is 41.3 Å². The number of hydrogen-bond donors (Lipinski definition) is 0. The van der Waals surface area contributed by atoms with E-state index in [0.717, 1.165) is 5.56 Å². The van der Waals surface area contributed by atoms with Gasteiger partial charge in [-0.25, -0.2) is 0 Å². The number of aryl methyl sites for hydroxylation is 1. The lowest BCUT2D eigenvalue weighted by atomic mass is 10.1. The Bertz CT molecular complexity index is 460. The summed E-state index contributed by atoms with van der Waals surface area (Å²) < 4.78 is 5.11. The predicted octanol–water partition coefficient (Wildman–Crippen LogP) is 2.41. The van der Waals surface area contributed by atoms with E-state index in [1.165, 1.54) is 0 Å². The maximum atomic E-state index is 11.8. The lowest BCUT2D eigenvalue weighted by molar-refractivity contribution is 0.0986. The second kappa shape index (κ2) is 4.09. The van der Waals surface area contributed by atoms with Gasteiger partial charge in [0.25, 0.3) is 0 Å². The zero-order valence-electron chi connectivity index (χ0n) is 8.43. The van der Waals surface area contributed by atoms with E-state index in [2.05, 4.69) is 4.98 Å². The van der Waals surface area contributed by atoms with Crippen LogP contribution < -0.4 is 0 Å². The zero-order chi connectivity index (χ0) is 10.7. The minimum Gasteiger partial charge on any atom is -0.469 e. The van der Waals surface area contributed by atoms with Crippen LogP contribution in [0.1, 0.15) is 21.7 Å². The monoisotopic (exact) mass is 201 g/mol. The van der Waals surface area contributed by atoms with Crippen molar-refractivity contribution in [3.63, 3.8) is 0 Å². The van der Waals surface area contributed by atoms with Crippen molar-refractivity contribution in [1.29, 1.82) is 0 Å². The lowest BCUT2D eigenvalue weighted by Gasteiger charge is -1.99. The Morgan fingerprint density at radius 2 is 2.33 bits per heavy atom. The van der Waals surface area contributed by atoms with Crippen molar-refractivity contribution in [2.45, 2.75) is 13.3 Å².